The summed E-state index contributed by atoms with van der Waals surface area (Å²) in [5, 5.41) is 9.65. The Hall–Kier alpha value is -3.16. The van der Waals surface area contributed by atoms with E-state index in [-0.39, 0.29) is 23.1 Å². The normalized spacial score (nSPS) is 22.2. The molecule has 0 bridgehead atoms. The topological polar surface area (TPSA) is 59.1 Å². The van der Waals surface area contributed by atoms with Crippen molar-refractivity contribution < 1.29 is 32.5 Å². The van der Waals surface area contributed by atoms with Crippen molar-refractivity contribution in [2.24, 2.45) is 0 Å². The molecule has 2 atom stereocenters. The Balaban J connectivity index is 1.22. The smallest absolute Gasteiger partial charge is 0.341 e. The van der Waals surface area contributed by atoms with Crippen LogP contribution in [0.2, 0.25) is 0 Å². The lowest BCUT2D eigenvalue weighted by Crippen LogP contribution is -2.25. The molecule has 0 amide bonds. The fraction of sp³-hybridized carbons (Fsp3) is 0.345. The minimum Gasteiger partial charge on any atom is -0.459 e. The Morgan fingerprint density at radius 1 is 0.972 bits per heavy atom. The van der Waals surface area contributed by atoms with Crippen LogP contribution >= 0.6 is 0 Å². The van der Waals surface area contributed by atoms with Gasteiger partial charge in [0.15, 0.2) is 11.6 Å². The van der Waals surface area contributed by atoms with Gasteiger partial charge in [-0.2, -0.15) is 0 Å². The van der Waals surface area contributed by atoms with Crippen LogP contribution in [0.4, 0.5) is 13.2 Å². The minimum absolute atomic E-state index is 0.102. The number of esters is 1. The largest absolute Gasteiger partial charge is 0.459 e. The molecule has 188 valence electrons. The molecule has 1 heterocycles. The molecule has 5 rings (SSSR count). The fourth-order valence-corrected chi connectivity index (χ4v) is 4.89. The van der Waals surface area contributed by atoms with Crippen LogP contribution in [0.15, 0.2) is 54.6 Å². The van der Waals surface area contributed by atoms with E-state index in [0.717, 1.165) is 0 Å². The fourth-order valence-electron chi connectivity index (χ4n) is 4.89. The number of rotatable bonds is 6. The first kappa shape index (κ1) is 24.5. The molecule has 3 aromatic rings. The Morgan fingerprint density at radius 2 is 1.67 bits per heavy atom. The van der Waals surface area contributed by atoms with Gasteiger partial charge >= 0.3 is 5.97 Å². The predicted molar refractivity (Wildman–Crippen MR) is 128 cm³/mol. The summed E-state index contributed by atoms with van der Waals surface area (Å²) in [6.07, 6.45) is 0.869. The Labute approximate surface area is 207 Å². The molecule has 0 spiro atoms. The lowest BCUT2D eigenvalue weighted by atomic mass is 9.82. The van der Waals surface area contributed by atoms with Crippen molar-refractivity contribution in [2.45, 2.75) is 56.8 Å². The molecule has 1 saturated heterocycles. The first-order valence-corrected chi connectivity index (χ1v) is 12.2. The van der Waals surface area contributed by atoms with Crippen LogP contribution in [0.3, 0.4) is 0 Å². The summed E-state index contributed by atoms with van der Waals surface area (Å²) in [6, 6.07) is 14.3. The Kier molecular flexibility index (Phi) is 6.86. The van der Waals surface area contributed by atoms with Gasteiger partial charge in [-0.3, -0.25) is 0 Å². The van der Waals surface area contributed by atoms with Crippen molar-refractivity contribution >= 4 is 5.97 Å². The number of ether oxygens (including phenoxy) is 2. The third-order valence-electron chi connectivity index (χ3n) is 7.12. The number of halogens is 3. The highest BCUT2D eigenvalue weighted by Gasteiger charge is 2.30. The van der Waals surface area contributed by atoms with Gasteiger partial charge in [-0.25, -0.2) is 18.0 Å². The van der Waals surface area contributed by atoms with Gasteiger partial charge in [-0.1, -0.05) is 42.5 Å². The predicted octanol–water partition coefficient (Wildman–Crippen LogP) is 6.78. The lowest BCUT2D eigenvalue weighted by molar-refractivity contribution is 0.0189. The maximum absolute atomic E-state index is 15.1. The van der Waals surface area contributed by atoms with Crippen molar-refractivity contribution in [3.8, 4) is 11.1 Å². The monoisotopic (exact) mass is 496 g/mol. The van der Waals surface area contributed by atoms with Crippen LogP contribution in [0.1, 0.15) is 77.8 Å². The molecular weight excluding hydrogens is 469 g/mol. The summed E-state index contributed by atoms with van der Waals surface area (Å²) in [5.41, 5.74) is 2.28. The van der Waals surface area contributed by atoms with Gasteiger partial charge in [0.25, 0.3) is 0 Å². The summed E-state index contributed by atoms with van der Waals surface area (Å²) in [7, 11) is 0. The van der Waals surface area contributed by atoms with E-state index in [9.17, 15) is 18.7 Å². The van der Waals surface area contributed by atoms with Gasteiger partial charge in [0.2, 0.25) is 0 Å². The SMILES string of the molecule is CC(O)c1ccc(-c2ccc(C3CCC(OC(=O)c4ccc(C5CO5)cc4F)CC3)c(F)c2F)cc1. The van der Waals surface area contributed by atoms with Gasteiger partial charge in [-0.05, 0) is 72.9 Å². The van der Waals surface area contributed by atoms with E-state index in [1.807, 2.05) is 0 Å². The van der Waals surface area contributed by atoms with Gasteiger partial charge in [0.1, 0.15) is 18.0 Å². The maximum atomic E-state index is 15.1. The highest BCUT2D eigenvalue weighted by atomic mass is 19.2. The number of epoxide rings is 1. The maximum Gasteiger partial charge on any atom is 0.341 e. The molecule has 0 aromatic heterocycles. The second kappa shape index (κ2) is 10.1. The molecule has 2 aliphatic rings. The second-order valence-electron chi connectivity index (χ2n) is 9.57. The van der Waals surface area contributed by atoms with Crippen LogP contribution in [0.25, 0.3) is 11.1 Å². The van der Waals surface area contributed by atoms with E-state index in [1.165, 1.54) is 12.1 Å². The molecule has 0 radical (unpaired) electrons. The quantitative estimate of drug-likeness (QED) is 0.302. The van der Waals surface area contributed by atoms with Crippen molar-refractivity contribution in [2.75, 3.05) is 6.61 Å². The van der Waals surface area contributed by atoms with Gasteiger partial charge < -0.3 is 14.6 Å². The first-order chi connectivity index (χ1) is 17.3. The highest BCUT2D eigenvalue weighted by Crippen LogP contribution is 2.38. The molecule has 7 heteroatoms. The number of aliphatic hydroxyl groups excluding tert-OH is 1. The number of carbonyl (C=O) groups is 1. The van der Waals surface area contributed by atoms with Crippen LogP contribution in [-0.4, -0.2) is 23.8 Å². The molecule has 4 nitrogen and oxygen atoms in total. The summed E-state index contributed by atoms with van der Waals surface area (Å²) in [6.45, 7) is 2.19. The van der Waals surface area contributed by atoms with E-state index >= 15 is 4.39 Å². The molecule has 1 aliphatic carbocycles. The lowest BCUT2D eigenvalue weighted by Gasteiger charge is -2.29. The summed E-state index contributed by atoms with van der Waals surface area (Å²) < 4.78 is 55.1. The van der Waals surface area contributed by atoms with Crippen LogP contribution in [0, 0.1) is 17.5 Å². The van der Waals surface area contributed by atoms with Crippen molar-refractivity contribution in [1.29, 1.82) is 0 Å². The van der Waals surface area contributed by atoms with Crippen molar-refractivity contribution in [3.63, 3.8) is 0 Å². The molecule has 2 unspecified atom stereocenters. The van der Waals surface area contributed by atoms with Crippen molar-refractivity contribution in [3.05, 3.63) is 94.3 Å². The number of carbonyl (C=O) groups excluding carboxylic acids is 1. The molecule has 2 fully saturated rings. The molecule has 36 heavy (non-hydrogen) atoms. The standard InChI is InChI=1S/C29H27F3O4/c1-16(33)17-2-4-18(5-3-17)22-12-13-23(28(32)27(22)31)19-6-9-21(10-7-19)36-29(34)24-11-8-20(14-25(24)30)26-15-35-26/h2-5,8,11-14,16,19,21,26,33H,6-7,9-10,15H2,1H3. The van der Waals surface area contributed by atoms with E-state index in [1.54, 1.807) is 49.4 Å². The Bertz CT molecular complexity index is 1260. The minimum atomic E-state index is -0.902. The molecule has 1 aliphatic heterocycles. The molecular formula is C29H27F3O4. The van der Waals surface area contributed by atoms with Crippen LogP contribution in [-0.2, 0) is 9.47 Å². The van der Waals surface area contributed by atoms with E-state index in [4.69, 9.17) is 9.47 Å². The summed E-state index contributed by atoms with van der Waals surface area (Å²) in [5.74, 6) is -3.33. The highest BCUT2D eigenvalue weighted by molar-refractivity contribution is 5.89. The third-order valence-corrected chi connectivity index (χ3v) is 7.12. The first-order valence-electron chi connectivity index (χ1n) is 12.2. The molecule has 1 saturated carbocycles. The van der Waals surface area contributed by atoms with Gasteiger partial charge in [-0.15, -0.1) is 0 Å². The van der Waals surface area contributed by atoms with E-state index in [0.29, 0.717) is 54.5 Å². The number of benzene rings is 3. The van der Waals surface area contributed by atoms with Gasteiger partial charge in [0, 0.05) is 5.56 Å². The molecule has 3 aromatic carbocycles. The number of aliphatic hydroxyl groups is 1. The summed E-state index contributed by atoms with van der Waals surface area (Å²) in [4.78, 5) is 12.5. The second-order valence-corrected chi connectivity index (χ2v) is 9.57. The Morgan fingerprint density at radius 3 is 2.28 bits per heavy atom. The molecule has 1 N–H and O–H groups in total. The zero-order valence-electron chi connectivity index (χ0n) is 19.8. The zero-order valence-corrected chi connectivity index (χ0v) is 19.8. The van der Waals surface area contributed by atoms with Gasteiger partial charge in [0.05, 0.1) is 18.3 Å². The average molecular weight is 497 g/mol. The average Bonchev–Trinajstić information content (AvgIpc) is 3.72. The summed E-state index contributed by atoms with van der Waals surface area (Å²) >= 11 is 0. The van der Waals surface area contributed by atoms with Crippen LogP contribution in [0.5, 0.6) is 0 Å². The van der Waals surface area contributed by atoms with Crippen LogP contribution < -0.4 is 0 Å². The number of hydrogen-bond donors (Lipinski definition) is 1. The van der Waals surface area contributed by atoms with E-state index in [2.05, 4.69) is 0 Å². The zero-order chi connectivity index (χ0) is 25.4. The number of hydrogen-bond acceptors (Lipinski definition) is 4. The van der Waals surface area contributed by atoms with E-state index < -0.39 is 35.6 Å². The van der Waals surface area contributed by atoms with Crippen molar-refractivity contribution in [1.82, 2.24) is 0 Å². The third kappa shape index (κ3) is 5.04.